The van der Waals surface area contributed by atoms with Crippen LogP contribution in [0.3, 0.4) is 0 Å². The summed E-state index contributed by atoms with van der Waals surface area (Å²) in [5, 5.41) is 9.31. The van der Waals surface area contributed by atoms with Gasteiger partial charge in [-0.05, 0) is 31.0 Å². The van der Waals surface area contributed by atoms with E-state index < -0.39 is 11.4 Å². The normalized spacial score (nSPS) is 17.4. The van der Waals surface area contributed by atoms with Crippen LogP contribution in [0.25, 0.3) is 11.0 Å². The molecule has 2 aromatic rings. The lowest BCUT2D eigenvalue weighted by Crippen LogP contribution is -2.50. The Bertz CT molecular complexity index is 656. The molecule has 1 fully saturated rings. The number of imidazole rings is 1. The van der Waals surface area contributed by atoms with E-state index in [-0.39, 0.29) is 0 Å². The van der Waals surface area contributed by atoms with Gasteiger partial charge >= 0.3 is 5.97 Å². The number of fused-ring (bicyclic) bond motifs is 1. The lowest BCUT2D eigenvalue weighted by atomic mass is 9.80. The number of carboxylic acids is 1. The summed E-state index contributed by atoms with van der Waals surface area (Å²) in [6.07, 6.45) is 0.494. The van der Waals surface area contributed by atoms with Crippen molar-refractivity contribution >= 4 is 17.0 Å². The highest BCUT2D eigenvalue weighted by atomic mass is 16.5. The third kappa shape index (κ3) is 1.81. The average molecular weight is 260 g/mol. The lowest BCUT2D eigenvalue weighted by Gasteiger charge is -2.37. The Morgan fingerprint density at radius 1 is 1.53 bits per heavy atom. The van der Waals surface area contributed by atoms with Crippen molar-refractivity contribution in [3.05, 3.63) is 29.6 Å². The molecule has 2 heterocycles. The fourth-order valence-corrected chi connectivity index (χ4v) is 2.52. The maximum Gasteiger partial charge on any atom is 0.314 e. The number of aromatic nitrogens is 2. The molecule has 0 unspecified atom stereocenters. The Labute approximate surface area is 110 Å². The molecule has 0 amide bonds. The first-order chi connectivity index (χ1) is 9.02. The Morgan fingerprint density at radius 2 is 2.26 bits per heavy atom. The summed E-state index contributed by atoms with van der Waals surface area (Å²) < 4.78 is 7.11. The molecule has 5 heteroatoms. The molecule has 0 spiro atoms. The maximum atomic E-state index is 11.3. The minimum Gasteiger partial charge on any atom is -0.481 e. The fraction of sp³-hybridized carbons (Fsp3) is 0.429. The third-order valence-electron chi connectivity index (χ3n) is 3.92. The molecule has 0 radical (unpaired) electrons. The molecule has 1 N–H and O–H groups in total. The third-order valence-corrected chi connectivity index (χ3v) is 3.92. The van der Waals surface area contributed by atoms with Gasteiger partial charge in [0.05, 0.1) is 24.2 Å². The number of hydrogen-bond donors (Lipinski definition) is 1. The van der Waals surface area contributed by atoms with Crippen molar-refractivity contribution in [3.63, 3.8) is 0 Å². The highest BCUT2D eigenvalue weighted by Gasteiger charge is 2.46. The van der Waals surface area contributed by atoms with Gasteiger partial charge in [-0.2, -0.15) is 0 Å². The van der Waals surface area contributed by atoms with Crippen molar-refractivity contribution in [1.29, 1.82) is 0 Å². The van der Waals surface area contributed by atoms with Crippen LogP contribution in [0.5, 0.6) is 0 Å². The number of ether oxygens (including phenoxy) is 1. The van der Waals surface area contributed by atoms with Crippen LogP contribution >= 0.6 is 0 Å². The van der Waals surface area contributed by atoms with E-state index in [2.05, 4.69) is 4.98 Å². The summed E-state index contributed by atoms with van der Waals surface area (Å²) in [5.74, 6) is 0.170. The van der Waals surface area contributed by atoms with Crippen molar-refractivity contribution in [1.82, 2.24) is 9.55 Å². The second kappa shape index (κ2) is 4.06. The number of hydrogen-bond acceptors (Lipinski definition) is 3. The molecule has 1 aliphatic rings. The molecule has 0 saturated carbocycles. The number of aryl methyl sites for hydroxylation is 2. The lowest BCUT2D eigenvalue weighted by molar-refractivity contribution is -0.179. The van der Waals surface area contributed by atoms with Crippen LogP contribution in [0, 0.1) is 12.3 Å². The molecule has 1 aromatic heterocycles. The molecule has 0 aliphatic carbocycles. The first kappa shape index (κ1) is 12.2. The summed E-state index contributed by atoms with van der Waals surface area (Å²) in [6, 6.07) is 5.96. The predicted molar refractivity (Wildman–Crippen MR) is 70.0 cm³/mol. The van der Waals surface area contributed by atoms with Crippen LogP contribution in [0.4, 0.5) is 0 Å². The second-order valence-electron chi connectivity index (χ2n) is 5.30. The van der Waals surface area contributed by atoms with Crippen LogP contribution in [-0.2, 0) is 23.0 Å². The van der Waals surface area contributed by atoms with Gasteiger partial charge in [0.25, 0.3) is 0 Å². The highest BCUT2D eigenvalue weighted by Crippen LogP contribution is 2.32. The van der Waals surface area contributed by atoms with Gasteiger partial charge in [-0.15, -0.1) is 0 Å². The van der Waals surface area contributed by atoms with Gasteiger partial charge in [-0.3, -0.25) is 4.79 Å². The van der Waals surface area contributed by atoms with Gasteiger partial charge in [-0.1, -0.05) is 6.07 Å². The molecule has 5 nitrogen and oxygen atoms in total. The molecule has 3 rings (SSSR count). The molecule has 0 bridgehead atoms. The molecule has 19 heavy (non-hydrogen) atoms. The predicted octanol–water partition coefficient (Wildman–Crippen LogP) is 1.53. The van der Waals surface area contributed by atoms with Crippen molar-refractivity contribution in [2.45, 2.75) is 13.3 Å². The van der Waals surface area contributed by atoms with Crippen LogP contribution in [-0.4, -0.2) is 33.8 Å². The van der Waals surface area contributed by atoms with Crippen LogP contribution in [0.1, 0.15) is 11.4 Å². The zero-order valence-electron chi connectivity index (χ0n) is 11.0. The number of carbonyl (C=O) groups is 1. The van der Waals surface area contributed by atoms with Gasteiger partial charge < -0.3 is 14.4 Å². The van der Waals surface area contributed by atoms with Gasteiger partial charge in [0.2, 0.25) is 0 Å². The molecule has 1 aromatic carbocycles. The van der Waals surface area contributed by atoms with Crippen LogP contribution < -0.4 is 0 Å². The van der Waals surface area contributed by atoms with E-state index in [9.17, 15) is 9.90 Å². The monoisotopic (exact) mass is 260 g/mol. The van der Waals surface area contributed by atoms with E-state index in [0.717, 1.165) is 22.4 Å². The molecular weight excluding hydrogens is 244 g/mol. The average Bonchev–Trinajstić information content (AvgIpc) is 2.59. The molecule has 100 valence electrons. The van der Waals surface area contributed by atoms with Crippen LogP contribution in [0.2, 0.25) is 0 Å². The minimum atomic E-state index is -0.781. The number of rotatable bonds is 3. The topological polar surface area (TPSA) is 64.3 Å². The van der Waals surface area contributed by atoms with Crippen LogP contribution in [0.15, 0.2) is 18.2 Å². The molecule has 1 aliphatic heterocycles. The van der Waals surface area contributed by atoms with Gasteiger partial charge in [0, 0.05) is 7.05 Å². The summed E-state index contributed by atoms with van der Waals surface area (Å²) in [4.78, 5) is 15.8. The van der Waals surface area contributed by atoms with E-state index in [1.54, 1.807) is 0 Å². The number of aliphatic carboxylic acids is 1. The zero-order valence-corrected chi connectivity index (χ0v) is 11.0. The van der Waals surface area contributed by atoms with E-state index in [4.69, 9.17) is 4.74 Å². The Kier molecular flexibility index (Phi) is 2.60. The Balaban J connectivity index is 1.96. The zero-order chi connectivity index (χ0) is 13.6. The first-order valence-corrected chi connectivity index (χ1v) is 6.25. The Hall–Kier alpha value is -1.88. The summed E-state index contributed by atoms with van der Waals surface area (Å²) in [7, 11) is 1.98. The minimum absolute atomic E-state index is 0.293. The SMILES string of the molecule is Cc1nc2cc(CC3(C(=O)O)COC3)ccc2n1C. The first-order valence-electron chi connectivity index (χ1n) is 6.25. The second-order valence-corrected chi connectivity index (χ2v) is 5.30. The van der Waals surface area contributed by atoms with Gasteiger partial charge in [-0.25, -0.2) is 4.98 Å². The quantitative estimate of drug-likeness (QED) is 0.909. The van der Waals surface area contributed by atoms with E-state index in [0.29, 0.717) is 19.6 Å². The highest BCUT2D eigenvalue weighted by molar-refractivity contribution is 5.79. The smallest absolute Gasteiger partial charge is 0.314 e. The largest absolute Gasteiger partial charge is 0.481 e. The van der Waals surface area contributed by atoms with Crippen molar-refractivity contribution in [2.75, 3.05) is 13.2 Å². The number of nitrogens with zero attached hydrogens (tertiary/aromatic N) is 2. The van der Waals surface area contributed by atoms with Crippen molar-refractivity contribution in [3.8, 4) is 0 Å². The number of benzene rings is 1. The number of carboxylic acid groups (broad SMARTS) is 1. The van der Waals surface area contributed by atoms with E-state index >= 15 is 0 Å². The van der Waals surface area contributed by atoms with Gasteiger partial charge in [0.1, 0.15) is 11.2 Å². The molecule has 0 atom stereocenters. The fourth-order valence-electron chi connectivity index (χ4n) is 2.52. The summed E-state index contributed by atoms with van der Waals surface area (Å²) >= 11 is 0. The van der Waals surface area contributed by atoms with E-state index in [1.807, 2.05) is 36.7 Å². The maximum absolute atomic E-state index is 11.3. The van der Waals surface area contributed by atoms with Crippen molar-refractivity contribution in [2.24, 2.45) is 12.5 Å². The molecular formula is C14H16N2O3. The Morgan fingerprint density at radius 3 is 2.84 bits per heavy atom. The molecule has 1 saturated heterocycles. The van der Waals surface area contributed by atoms with Gasteiger partial charge in [0.15, 0.2) is 0 Å². The summed E-state index contributed by atoms with van der Waals surface area (Å²) in [6.45, 7) is 2.54. The van der Waals surface area contributed by atoms with Crippen molar-refractivity contribution < 1.29 is 14.6 Å². The standard InChI is InChI=1S/C14H16N2O3/c1-9-15-11-5-10(3-4-12(11)16(9)2)6-14(13(17)18)7-19-8-14/h3-5H,6-8H2,1-2H3,(H,17,18). The van der Waals surface area contributed by atoms with E-state index in [1.165, 1.54) is 0 Å². The summed E-state index contributed by atoms with van der Waals surface area (Å²) in [5.41, 5.74) is 2.22.